The van der Waals surface area contributed by atoms with Gasteiger partial charge in [0.1, 0.15) is 6.33 Å². The second-order valence-corrected chi connectivity index (χ2v) is 6.77. The van der Waals surface area contributed by atoms with Crippen molar-refractivity contribution >= 4 is 33.0 Å². The van der Waals surface area contributed by atoms with Gasteiger partial charge in [0.05, 0.1) is 36.8 Å². The third kappa shape index (κ3) is 2.95. The van der Waals surface area contributed by atoms with Crippen molar-refractivity contribution in [2.45, 2.75) is 12.7 Å². The van der Waals surface area contributed by atoms with Gasteiger partial charge in [0.25, 0.3) is 0 Å². The molecule has 3 aromatic rings. The molecule has 5 nitrogen and oxygen atoms in total. The van der Waals surface area contributed by atoms with Gasteiger partial charge in [0.2, 0.25) is 0 Å². The minimum absolute atomic E-state index is 0.0489. The van der Waals surface area contributed by atoms with Crippen molar-refractivity contribution in [2.24, 2.45) is 0 Å². The first-order chi connectivity index (χ1) is 11.7. The molecule has 1 amide bonds. The van der Waals surface area contributed by atoms with Crippen molar-refractivity contribution in [3.8, 4) is 0 Å². The van der Waals surface area contributed by atoms with Gasteiger partial charge in [-0.3, -0.25) is 4.57 Å². The zero-order valence-electron chi connectivity index (χ0n) is 12.9. The normalized spacial score (nSPS) is 14.8. The number of halogens is 1. The Morgan fingerprint density at radius 3 is 2.71 bits per heavy atom. The highest BCUT2D eigenvalue weighted by atomic mass is 79.9. The van der Waals surface area contributed by atoms with Crippen LogP contribution in [0.1, 0.15) is 5.56 Å². The fourth-order valence-corrected chi connectivity index (χ4v) is 3.02. The number of carbonyl (C=O) groups excluding carboxylic acids is 1. The molecule has 1 aliphatic rings. The molecule has 1 aliphatic heterocycles. The Kier molecular flexibility index (Phi) is 4.08. The van der Waals surface area contributed by atoms with Gasteiger partial charge < -0.3 is 9.64 Å². The van der Waals surface area contributed by atoms with Gasteiger partial charge in [0, 0.05) is 4.47 Å². The Morgan fingerprint density at radius 1 is 1.17 bits per heavy atom. The van der Waals surface area contributed by atoms with Crippen molar-refractivity contribution in [3.63, 3.8) is 0 Å². The molecule has 1 fully saturated rings. The number of nitrogens with zero attached hydrogens (tertiary/aromatic N) is 3. The molecular formula is C18H16BrN3O2. The maximum Gasteiger partial charge on any atom is 0.330 e. The molecule has 1 aromatic heterocycles. The highest BCUT2D eigenvalue weighted by Crippen LogP contribution is 2.19. The lowest BCUT2D eigenvalue weighted by molar-refractivity contribution is -0.0438. The molecule has 1 saturated heterocycles. The van der Waals surface area contributed by atoms with Crippen LogP contribution in [0.5, 0.6) is 0 Å². The number of hydrogen-bond acceptors (Lipinski definition) is 3. The van der Waals surface area contributed by atoms with Crippen LogP contribution in [0.3, 0.4) is 0 Å². The summed E-state index contributed by atoms with van der Waals surface area (Å²) >= 11 is 3.42. The highest BCUT2D eigenvalue weighted by Gasteiger charge is 2.32. The smallest absolute Gasteiger partial charge is 0.330 e. The van der Waals surface area contributed by atoms with Gasteiger partial charge >= 0.3 is 6.03 Å². The van der Waals surface area contributed by atoms with E-state index in [-0.39, 0.29) is 12.1 Å². The lowest BCUT2D eigenvalue weighted by Crippen LogP contribution is -2.55. The molecule has 24 heavy (non-hydrogen) atoms. The summed E-state index contributed by atoms with van der Waals surface area (Å²) in [5, 5.41) is 0. The third-order valence-corrected chi connectivity index (χ3v) is 4.71. The lowest BCUT2D eigenvalue weighted by atomic mass is 10.1. The van der Waals surface area contributed by atoms with Crippen LogP contribution in [-0.2, 0) is 11.3 Å². The Balaban J connectivity index is 1.34. The van der Waals surface area contributed by atoms with Crippen LogP contribution in [0, 0.1) is 0 Å². The van der Waals surface area contributed by atoms with E-state index in [2.05, 4.69) is 20.9 Å². The Bertz CT molecular complexity index is 869. The van der Waals surface area contributed by atoms with Gasteiger partial charge in [-0.2, -0.15) is 0 Å². The maximum atomic E-state index is 12.5. The summed E-state index contributed by atoms with van der Waals surface area (Å²) in [6.07, 6.45) is 1.68. The average molecular weight is 386 g/mol. The van der Waals surface area contributed by atoms with Crippen LogP contribution >= 0.6 is 15.9 Å². The number of ether oxygens (including phenoxy) is 1. The molecule has 0 unspecified atom stereocenters. The first kappa shape index (κ1) is 15.4. The molecule has 0 bridgehead atoms. The van der Waals surface area contributed by atoms with Crippen LogP contribution < -0.4 is 0 Å². The van der Waals surface area contributed by atoms with E-state index >= 15 is 0 Å². The van der Waals surface area contributed by atoms with Crippen LogP contribution in [0.4, 0.5) is 4.79 Å². The van der Waals surface area contributed by atoms with E-state index < -0.39 is 0 Å². The monoisotopic (exact) mass is 385 g/mol. The van der Waals surface area contributed by atoms with Gasteiger partial charge in [-0.25, -0.2) is 9.78 Å². The van der Waals surface area contributed by atoms with Crippen molar-refractivity contribution in [3.05, 3.63) is 64.9 Å². The summed E-state index contributed by atoms with van der Waals surface area (Å²) in [5.74, 6) is 0. The number of imidazole rings is 1. The van der Waals surface area contributed by atoms with Crippen LogP contribution in [0.25, 0.3) is 11.0 Å². The zero-order chi connectivity index (χ0) is 16.5. The molecule has 0 radical (unpaired) electrons. The number of aromatic nitrogens is 2. The maximum absolute atomic E-state index is 12.5. The van der Waals surface area contributed by atoms with E-state index in [0.29, 0.717) is 19.7 Å². The summed E-state index contributed by atoms with van der Waals surface area (Å²) in [6, 6.07) is 15.6. The number of benzene rings is 2. The average Bonchev–Trinajstić information content (AvgIpc) is 2.99. The van der Waals surface area contributed by atoms with Crippen molar-refractivity contribution < 1.29 is 9.53 Å². The first-order valence-corrected chi connectivity index (χ1v) is 8.57. The lowest BCUT2D eigenvalue weighted by Gasteiger charge is -2.38. The van der Waals surface area contributed by atoms with E-state index in [1.807, 2.05) is 48.5 Å². The molecule has 6 heteroatoms. The minimum Gasteiger partial charge on any atom is -0.370 e. The summed E-state index contributed by atoms with van der Waals surface area (Å²) in [5.41, 5.74) is 2.79. The van der Waals surface area contributed by atoms with Crippen LogP contribution in [-0.4, -0.2) is 39.7 Å². The van der Waals surface area contributed by atoms with Gasteiger partial charge in [-0.15, -0.1) is 0 Å². The number of fused-ring (bicyclic) bond motifs is 1. The number of amides is 1. The van der Waals surface area contributed by atoms with Gasteiger partial charge in [-0.1, -0.05) is 40.2 Å². The number of carbonyl (C=O) groups is 1. The van der Waals surface area contributed by atoms with E-state index in [1.165, 1.54) is 0 Å². The summed E-state index contributed by atoms with van der Waals surface area (Å²) in [4.78, 5) is 18.6. The highest BCUT2D eigenvalue weighted by molar-refractivity contribution is 9.10. The SMILES string of the molecule is O=C(N1CC(OCc2ccc(Br)cc2)C1)n1cnc2ccccc21. The molecule has 2 aromatic carbocycles. The predicted octanol–water partition coefficient (Wildman–Crippen LogP) is 3.67. The minimum atomic E-state index is -0.0489. The fourth-order valence-electron chi connectivity index (χ4n) is 2.76. The zero-order valence-corrected chi connectivity index (χ0v) is 14.5. The number of hydrogen-bond donors (Lipinski definition) is 0. The Morgan fingerprint density at radius 2 is 1.92 bits per heavy atom. The van der Waals surface area contributed by atoms with Crippen molar-refractivity contribution in [1.82, 2.24) is 14.5 Å². The standard InChI is InChI=1S/C18H16BrN3O2/c19-14-7-5-13(6-8-14)11-24-15-9-21(10-15)18(23)22-12-20-16-3-1-2-4-17(16)22/h1-8,12,15H,9-11H2. The van der Waals surface area contributed by atoms with E-state index in [4.69, 9.17) is 4.74 Å². The van der Waals surface area contributed by atoms with E-state index in [1.54, 1.807) is 15.8 Å². The van der Waals surface area contributed by atoms with E-state index in [0.717, 1.165) is 21.1 Å². The largest absolute Gasteiger partial charge is 0.370 e. The Hall–Kier alpha value is -2.18. The molecule has 0 aliphatic carbocycles. The Labute approximate surface area is 148 Å². The summed E-state index contributed by atoms with van der Waals surface area (Å²) in [6.45, 7) is 1.79. The molecular weight excluding hydrogens is 370 g/mol. The van der Waals surface area contributed by atoms with Crippen LogP contribution in [0.2, 0.25) is 0 Å². The molecule has 2 heterocycles. The van der Waals surface area contributed by atoms with Gasteiger partial charge in [0.15, 0.2) is 0 Å². The molecule has 0 atom stereocenters. The summed E-state index contributed by atoms with van der Waals surface area (Å²) < 4.78 is 8.51. The van der Waals surface area contributed by atoms with Gasteiger partial charge in [-0.05, 0) is 29.8 Å². The topological polar surface area (TPSA) is 47.4 Å². The summed E-state index contributed by atoms with van der Waals surface area (Å²) in [7, 11) is 0. The van der Waals surface area contributed by atoms with Crippen molar-refractivity contribution in [2.75, 3.05) is 13.1 Å². The fraction of sp³-hybridized carbons (Fsp3) is 0.222. The molecule has 122 valence electrons. The molecule has 4 rings (SSSR count). The number of rotatable bonds is 3. The second-order valence-electron chi connectivity index (χ2n) is 5.85. The first-order valence-electron chi connectivity index (χ1n) is 7.78. The number of likely N-dealkylation sites (tertiary alicyclic amines) is 1. The second kappa shape index (κ2) is 6.37. The third-order valence-electron chi connectivity index (χ3n) is 4.18. The van der Waals surface area contributed by atoms with Crippen LogP contribution in [0.15, 0.2) is 59.3 Å². The quantitative estimate of drug-likeness (QED) is 0.690. The molecule has 0 N–H and O–H groups in total. The number of para-hydroxylation sites is 2. The predicted molar refractivity (Wildman–Crippen MR) is 94.8 cm³/mol. The van der Waals surface area contributed by atoms with E-state index in [9.17, 15) is 4.79 Å². The molecule has 0 spiro atoms. The van der Waals surface area contributed by atoms with Crippen molar-refractivity contribution in [1.29, 1.82) is 0 Å². The molecule has 0 saturated carbocycles.